The predicted molar refractivity (Wildman–Crippen MR) is 82.5 cm³/mol. The van der Waals surface area contributed by atoms with Crippen molar-refractivity contribution in [2.45, 2.75) is 50.2 Å². The highest BCUT2D eigenvalue weighted by atomic mass is 19.1. The number of ether oxygens (including phenoxy) is 1. The van der Waals surface area contributed by atoms with E-state index in [0.29, 0.717) is 51.8 Å². The van der Waals surface area contributed by atoms with Gasteiger partial charge in [0, 0.05) is 25.7 Å². The minimum atomic E-state index is -0.669. The van der Waals surface area contributed by atoms with E-state index in [2.05, 4.69) is 4.98 Å². The molecule has 0 radical (unpaired) electrons. The number of hydrogen-bond acceptors (Lipinski definition) is 4. The van der Waals surface area contributed by atoms with Gasteiger partial charge in [-0.05, 0) is 37.8 Å². The molecule has 1 amide bonds. The third-order valence-corrected chi connectivity index (χ3v) is 5.21. The Morgan fingerprint density at radius 1 is 1.43 bits per heavy atom. The van der Waals surface area contributed by atoms with Crippen LogP contribution in [-0.4, -0.2) is 51.8 Å². The van der Waals surface area contributed by atoms with Crippen LogP contribution in [0.1, 0.15) is 49.5 Å². The molecular formula is C17H23FN2O3. The summed E-state index contributed by atoms with van der Waals surface area (Å²) >= 11 is 0. The molecule has 3 rings (SSSR count). The van der Waals surface area contributed by atoms with Crippen molar-refractivity contribution >= 4 is 5.91 Å². The van der Waals surface area contributed by atoms with Crippen molar-refractivity contribution in [2.75, 3.05) is 19.7 Å². The summed E-state index contributed by atoms with van der Waals surface area (Å²) in [6.07, 6.45) is 4.72. The standard InChI is InChI=1S/C17H23FN2O3/c1-2-16(22)7-11-23-17(12-16)5-9-20(10-6-17)15(21)14-13(18)4-3-8-19-14/h3-4,8,22H,2,5-7,9-12H2,1H3. The van der Waals surface area contributed by atoms with Crippen LogP contribution in [0.15, 0.2) is 18.3 Å². The molecule has 1 unspecified atom stereocenters. The molecule has 1 N–H and O–H groups in total. The van der Waals surface area contributed by atoms with Crippen LogP contribution >= 0.6 is 0 Å². The quantitative estimate of drug-likeness (QED) is 0.906. The summed E-state index contributed by atoms with van der Waals surface area (Å²) < 4.78 is 19.7. The molecule has 6 heteroatoms. The fraction of sp³-hybridized carbons (Fsp3) is 0.647. The average Bonchev–Trinajstić information content (AvgIpc) is 2.55. The molecule has 1 spiro atoms. The topological polar surface area (TPSA) is 62.7 Å². The number of rotatable bonds is 2. The van der Waals surface area contributed by atoms with Crippen LogP contribution in [0.3, 0.4) is 0 Å². The fourth-order valence-electron chi connectivity index (χ4n) is 3.63. The highest BCUT2D eigenvalue weighted by molar-refractivity contribution is 5.92. The second kappa shape index (κ2) is 6.17. The SMILES string of the molecule is CCC1(O)CCOC2(CCN(C(=O)c3ncccc3F)CC2)C1. The van der Waals surface area contributed by atoms with Crippen LogP contribution in [0, 0.1) is 5.82 Å². The van der Waals surface area contributed by atoms with Crippen LogP contribution in [-0.2, 0) is 4.74 Å². The van der Waals surface area contributed by atoms with E-state index in [4.69, 9.17) is 4.74 Å². The van der Waals surface area contributed by atoms with E-state index in [1.54, 1.807) is 4.90 Å². The Morgan fingerprint density at radius 3 is 2.83 bits per heavy atom. The summed E-state index contributed by atoms with van der Waals surface area (Å²) in [7, 11) is 0. The van der Waals surface area contributed by atoms with Crippen molar-refractivity contribution in [2.24, 2.45) is 0 Å². The first kappa shape index (κ1) is 16.3. The van der Waals surface area contributed by atoms with Crippen LogP contribution in [0.25, 0.3) is 0 Å². The summed E-state index contributed by atoms with van der Waals surface area (Å²) in [6, 6.07) is 2.72. The molecule has 1 aromatic rings. The molecule has 0 saturated carbocycles. The third-order valence-electron chi connectivity index (χ3n) is 5.21. The summed E-state index contributed by atoms with van der Waals surface area (Å²) in [6.45, 7) is 3.53. The average molecular weight is 322 g/mol. The molecule has 126 valence electrons. The molecule has 1 aromatic heterocycles. The minimum Gasteiger partial charge on any atom is -0.390 e. The number of carbonyl (C=O) groups is 1. The Balaban J connectivity index is 1.67. The first-order chi connectivity index (χ1) is 11.0. The smallest absolute Gasteiger partial charge is 0.275 e. The van der Waals surface area contributed by atoms with Crippen LogP contribution in [0.2, 0.25) is 0 Å². The van der Waals surface area contributed by atoms with Gasteiger partial charge in [0.05, 0.1) is 17.8 Å². The normalized spacial score (nSPS) is 27.2. The fourth-order valence-corrected chi connectivity index (χ4v) is 3.63. The number of halogens is 1. The molecule has 2 aliphatic heterocycles. The first-order valence-corrected chi connectivity index (χ1v) is 8.23. The Hall–Kier alpha value is -1.53. The van der Waals surface area contributed by atoms with Crippen molar-refractivity contribution in [3.8, 4) is 0 Å². The molecule has 23 heavy (non-hydrogen) atoms. The maximum absolute atomic E-state index is 13.7. The lowest BCUT2D eigenvalue weighted by Gasteiger charge is -2.49. The minimum absolute atomic E-state index is 0.127. The number of nitrogens with zero attached hydrogens (tertiary/aromatic N) is 2. The van der Waals surface area contributed by atoms with Gasteiger partial charge in [-0.2, -0.15) is 0 Å². The third kappa shape index (κ3) is 3.23. The molecule has 3 heterocycles. The zero-order valence-electron chi connectivity index (χ0n) is 13.4. The van der Waals surface area contributed by atoms with Crippen molar-refractivity contribution in [1.29, 1.82) is 0 Å². The molecule has 1 atom stereocenters. The second-order valence-electron chi connectivity index (χ2n) is 6.66. The van der Waals surface area contributed by atoms with E-state index >= 15 is 0 Å². The second-order valence-corrected chi connectivity index (χ2v) is 6.66. The van der Waals surface area contributed by atoms with Gasteiger partial charge in [0.15, 0.2) is 11.5 Å². The lowest BCUT2D eigenvalue weighted by Crippen LogP contribution is -2.55. The number of pyridine rings is 1. The maximum Gasteiger partial charge on any atom is 0.275 e. The Bertz CT molecular complexity index is 587. The van der Waals surface area contributed by atoms with Gasteiger partial charge in [-0.3, -0.25) is 4.79 Å². The van der Waals surface area contributed by atoms with Crippen LogP contribution in [0.5, 0.6) is 0 Å². The number of piperidine rings is 1. The lowest BCUT2D eigenvalue weighted by atomic mass is 9.76. The van der Waals surface area contributed by atoms with Crippen molar-refractivity contribution in [3.63, 3.8) is 0 Å². The monoisotopic (exact) mass is 322 g/mol. The zero-order chi connectivity index (χ0) is 16.5. The number of likely N-dealkylation sites (tertiary alicyclic amines) is 1. The summed E-state index contributed by atoms with van der Waals surface area (Å²) in [4.78, 5) is 17.9. The van der Waals surface area contributed by atoms with E-state index in [1.165, 1.54) is 18.3 Å². The summed E-state index contributed by atoms with van der Waals surface area (Å²) in [5.41, 5.74) is -1.15. The zero-order valence-corrected chi connectivity index (χ0v) is 13.4. The maximum atomic E-state index is 13.7. The molecular weight excluding hydrogens is 299 g/mol. The molecule has 0 aromatic carbocycles. The first-order valence-electron chi connectivity index (χ1n) is 8.23. The number of amides is 1. The number of aliphatic hydroxyl groups is 1. The Kier molecular flexibility index (Phi) is 4.38. The molecule has 2 saturated heterocycles. The van der Waals surface area contributed by atoms with Gasteiger partial charge in [0.1, 0.15) is 0 Å². The van der Waals surface area contributed by atoms with E-state index in [9.17, 15) is 14.3 Å². The summed E-state index contributed by atoms with van der Waals surface area (Å²) in [5.74, 6) is -0.966. The molecule has 0 aliphatic carbocycles. The number of carbonyl (C=O) groups excluding carboxylic acids is 1. The van der Waals surface area contributed by atoms with E-state index in [0.717, 1.165) is 0 Å². The number of aromatic nitrogens is 1. The highest BCUT2D eigenvalue weighted by Gasteiger charge is 2.46. The van der Waals surface area contributed by atoms with Crippen molar-refractivity contribution in [3.05, 3.63) is 29.8 Å². The molecule has 0 bridgehead atoms. The lowest BCUT2D eigenvalue weighted by molar-refractivity contribution is -0.176. The van der Waals surface area contributed by atoms with Crippen LogP contribution in [0.4, 0.5) is 4.39 Å². The predicted octanol–water partition coefficient (Wildman–Crippen LogP) is 2.15. The summed E-state index contributed by atoms with van der Waals surface area (Å²) in [5, 5.41) is 10.6. The van der Waals surface area contributed by atoms with Gasteiger partial charge in [0.25, 0.3) is 5.91 Å². The molecule has 2 fully saturated rings. The molecule has 2 aliphatic rings. The van der Waals surface area contributed by atoms with Gasteiger partial charge >= 0.3 is 0 Å². The van der Waals surface area contributed by atoms with E-state index in [1.807, 2.05) is 6.92 Å². The van der Waals surface area contributed by atoms with Gasteiger partial charge < -0.3 is 14.7 Å². The Labute approximate surface area is 135 Å². The molecule has 5 nitrogen and oxygen atoms in total. The van der Waals surface area contributed by atoms with Gasteiger partial charge in [-0.25, -0.2) is 9.37 Å². The van der Waals surface area contributed by atoms with E-state index < -0.39 is 11.4 Å². The van der Waals surface area contributed by atoms with E-state index in [-0.39, 0.29) is 17.2 Å². The number of hydrogen-bond donors (Lipinski definition) is 1. The van der Waals surface area contributed by atoms with Gasteiger partial charge in [-0.1, -0.05) is 6.92 Å². The highest BCUT2D eigenvalue weighted by Crippen LogP contribution is 2.41. The van der Waals surface area contributed by atoms with Crippen LogP contribution < -0.4 is 0 Å². The van der Waals surface area contributed by atoms with Gasteiger partial charge in [0.2, 0.25) is 0 Å². The van der Waals surface area contributed by atoms with Crippen molar-refractivity contribution in [1.82, 2.24) is 9.88 Å². The largest absolute Gasteiger partial charge is 0.390 e. The van der Waals surface area contributed by atoms with Crippen molar-refractivity contribution < 1.29 is 19.0 Å². The Morgan fingerprint density at radius 2 is 2.17 bits per heavy atom. The van der Waals surface area contributed by atoms with Gasteiger partial charge in [-0.15, -0.1) is 0 Å².